The zero-order valence-electron chi connectivity index (χ0n) is 11.1. The third-order valence-corrected chi connectivity index (χ3v) is 3.22. The Morgan fingerprint density at radius 1 is 1.38 bits per heavy atom. The van der Waals surface area contributed by atoms with Crippen LogP contribution < -0.4 is 10.5 Å². The van der Waals surface area contributed by atoms with Crippen molar-refractivity contribution in [1.29, 1.82) is 0 Å². The molecule has 1 amide bonds. The van der Waals surface area contributed by atoms with Crippen LogP contribution in [0.5, 0.6) is 5.75 Å². The van der Waals surface area contributed by atoms with Gasteiger partial charge in [-0.1, -0.05) is 12.1 Å². The van der Waals surface area contributed by atoms with Crippen molar-refractivity contribution in [2.45, 2.75) is 13.1 Å². The molecule has 0 unspecified atom stereocenters. The van der Waals surface area contributed by atoms with E-state index in [4.69, 9.17) is 10.5 Å². The molecule has 0 radical (unpaired) electrons. The smallest absolute Gasteiger partial charge is 0.261 e. The minimum Gasteiger partial charge on any atom is -0.481 e. The number of carbonyl (C=O) groups excluding carboxylic acids is 1. The highest BCUT2D eigenvalue weighted by molar-refractivity contribution is 5.78. The molecule has 6 nitrogen and oxygen atoms in total. The molecular formula is C14H13FN4O2. The van der Waals surface area contributed by atoms with E-state index in [1.807, 2.05) is 0 Å². The number of anilines is 1. The number of carbonyl (C=O) groups is 1. The fraction of sp³-hybridized carbons (Fsp3) is 0.214. The van der Waals surface area contributed by atoms with Crippen molar-refractivity contribution >= 4 is 11.9 Å². The maximum absolute atomic E-state index is 13.4. The number of nitrogens with two attached hydrogens (primary N) is 1. The molecule has 1 aliphatic rings. The number of ether oxygens (including phenoxy) is 1. The van der Waals surface area contributed by atoms with E-state index in [2.05, 4.69) is 9.97 Å². The average molecular weight is 288 g/mol. The van der Waals surface area contributed by atoms with Crippen LogP contribution in [0, 0.1) is 5.82 Å². The molecule has 1 aromatic heterocycles. The second-order valence-electron chi connectivity index (χ2n) is 4.67. The molecule has 2 N–H and O–H groups in total. The van der Waals surface area contributed by atoms with Gasteiger partial charge in [-0.3, -0.25) is 4.79 Å². The number of halogens is 1. The number of hydrogen-bond donors (Lipinski definition) is 1. The van der Waals surface area contributed by atoms with Crippen LogP contribution in [0.4, 0.5) is 10.3 Å². The Bertz CT molecular complexity index is 692. The van der Waals surface area contributed by atoms with Crippen LogP contribution in [0.1, 0.15) is 11.3 Å². The second-order valence-corrected chi connectivity index (χ2v) is 4.67. The summed E-state index contributed by atoms with van der Waals surface area (Å²) in [5.74, 6) is -0.485. The Balaban J connectivity index is 1.62. The maximum atomic E-state index is 13.4. The number of aromatic nitrogens is 2. The van der Waals surface area contributed by atoms with Crippen molar-refractivity contribution in [2.24, 2.45) is 0 Å². The van der Waals surface area contributed by atoms with Gasteiger partial charge in [0.25, 0.3) is 5.91 Å². The lowest BCUT2D eigenvalue weighted by Crippen LogP contribution is -2.30. The normalized spacial score (nSPS) is 13.1. The van der Waals surface area contributed by atoms with Crippen LogP contribution in [0.15, 0.2) is 30.5 Å². The van der Waals surface area contributed by atoms with Gasteiger partial charge in [0.2, 0.25) is 5.95 Å². The molecule has 2 heterocycles. The molecule has 1 aromatic carbocycles. The van der Waals surface area contributed by atoms with Gasteiger partial charge in [-0.2, -0.15) is 0 Å². The standard InChI is InChI=1S/C14H13FN4O2/c15-10-3-1-2-4-12(10)21-8-13(20)19-6-9-5-17-14(16)18-11(9)7-19/h1-5H,6-8H2,(H2,16,17,18). The van der Waals surface area contributed by atoms with Gasteiger partial charge < -0.3 is 15.4 Å². The van der Waals surface area contributed by atoms with Crippen LogP contribution in [-0.4, -0.2) is 27.4 Å². The largest absolute Gasteiger partial charge is 0.481 e. The van der Waals surface area contributed by atoms with Crippen molar-refractivity contribution in [3.8, 4) is 5.75 Å². The SMILES string of the molecule is Nc1ncc2c(n1)CN(C(=O)COc1ccccc1F)C2. The van der Waals surface area contributed by atoms with E-state index in [0.29, 0.717) is 13.1 Å². The molecule has 2 aromatic rings. The van der Waals surface area contributed by atoms with Crippen molar-refractivity contribution in [3.05, 3.63) is 47.5 Å². The monoisotopic (exact) mass is 288 g/mol. The summed E-state index contributed by atoms with van der Waals surface area (Å²) in [6.45, 7) is 0.550. The van der Waals surface area contributed by atoms with E-state index in [9.17, 15) is 9.18 Å². The third-order valence-electron chi connectivity index (χ3n) is 3.22. The van der Waals surface area contributed by atoms with Gasteiger partial charge in [-0.05, 0) is 12.1 Å². The van der Waals surface area contributed by atoms with E-state index in [-0.39, 0.29) is 24.2 Å². The van der Waals surface area contributed by atoms with E-state index >= 15 is 0 Å². The lowest BCUT2D eigenvalue weighted by Gasteiger charge is -2.15. The van der Waals surface area contributed by atoms with Gasteiger partial charge >= 0.3 is 0 Å². The third kappa shape index (κ3) is 2.76. The summed E-state index contributed by atoms with van der Waals surface area (Å²) in [5.41, 5.74) is 7.11. The van der Waals surface area contributed by atoms with E-state index in [1.165, 1.54) is 12.1 Å². The highest BCUT2D eigenvalue weighted by Crippen LogP contribution is 2.21. The molecular weight excluding hydrogens is 275 g/mol. The molecule has 0 aliphatic carbocycles. The first kappa shape index (κ1) is 13.3. The fourth-order valence-electron chi connectivity index (χ4n) is 2.14. The summed E-state index contributed by atoms with van der Waals surface area (Å²) >= 11 is 0. The minimum atomic E-state index is -0.492. The van der Waals surface area contributed by atoms with Gasteiger partial charge in [0.05, 0.1) is 12.2 Å². The zero-order valence-corrected chi connectivity index (χ0v) is 11.1. The first-order chi connectivity index (χ1) is 10.1. The minimum absolute atomic E-state index is 0.0617. The van der Waals surface area contributed by atoms with Crippen LogP contribution in [-0.2, 0) is 17.9 Å². The van der Waals surface area contributed by atoms with Crippen LogP contribution in [0.3, 0.4) is 0 Å². The van der Waals surface area contributed by atoms with Gasteiger partial charge in [0.1, 0.15) is 0 Å². The summed E-state index contributed by atoms with van der Waals surface area (Å²) in [6, 6.07) is 5.97. The first-order valence-corrected chi connectivity index (χ1v) is 6.39. The highest BCUT2D eigenvalue weighted by atomic mass is 19.1. The number of nitrogen functional groups attached to an aromatic ring is 1. The predicted molar refractivity (Wildman–Crippen MR) is 72.6 cm³/mol. The van der Waals surface area contributed by atoms with Crippen molar-refractivity contribution in [2.75, 3.05) is 12.3 Å². The number of benzene rings is 1. The number of nitrogens with zero attached hydrogens (tertiary/aromatic N) is 3. The van der Waals surface area contributed by atoms with Crippen molar-refractivity contribution in [3.63, 3.8) is 0 Å². The Morgan fingerprint density at radius 3 is 3.00 bits per heavy atom. The van der Waals surface area contributed by atoms with Gasteiger partial charge in [0.15, 0.2) is 18.2 Å². The molecule has 0 saturated heterocycles. The number of para-hydroxylation sites is 1. The van der Waals surface area contributed by atoms with E-state index in [1.54, 1.807) is 23.2 Å². The molecule has 0 saturated carbocycles. The average Bonchev–Trinajstić information content (AvgIpc) is 2.89. The van der Waals surface area contributed by atoms with Gasteiger partial charge in [-0.15, -0.1) is 0 Å². The lowest BCUT2D eigenvalue weighted by atomic mass is 10.3. The topological polar surface area (TPSA) is 81.3 Å². The molecule has 108 valence electrons. The first-order valence-electron chi connectivity index (χ1n) is 6.39. The molecule has 0 spiro atoms. The predicted octanol–water partition coefficient (Wildman–Crippen LogP) is 1.12. The number of amides is 1. The summed E-state index contributed by atoms with van der Waals surface area (Å²) < 4.78 is 18.6. The summed E-state index contributed by atoms with van der Waals surface area (Å²) in [4.78, 5) is 21.6. The lowest BCUT2D eigenvalue weighted by molar-refractivity contribution is -0.134. The Kier molecular flexibility index (Phi) is 3.39. The molecule has 7 heteroatoms. The summed E-state index contributed by atoms with van der Waals surface area (Å²) in [7, 11) is 0. The number of rotatable bonds is 3. The zero-order chi connectivity index (χ0) is 14.8. The Morgan fingerprint density at radius 2 is 2.19 bits per heavy atom. The van der Waals surface area contributed by atoms with Crippen LogP contribution in [0.2, 0.25) is 0 Å². The highest BCUT2D eigenvalue weighted by Gasteiger charge is 2.25. The molecule has 0 bridgehead atoms. The van der Waals surface area contributed by atoms with Gasteiger partial charge in [0, 0.05) is 18.3 Å². The summed E-state index contributed by atoms with van der Waals surface area (Å²) in [6.07, 6.45) is 1.61. The molecule has 21 heavy (non-hydrogen) atoms. The Labute approximate surface area is 120 Å². The van der Waals surface area contributed by atoms with Crippen molar-refractivity contribution < 1.29 is 13.9 Å². The summed E-state index contributed by atoms with van der Waals surface area (Å²) in [5, 5.41) is 0. The quantitative estimate of drug-likeness (QED) is 0.915. The Hall–Kier alpha value is -2.70. The maximum Gasteiger partial charge on any atom is 0.261 e. The number of fused-ring (bicyclic) bond motifs is 1. The van der Waals surface area contributed by atoms with E-state index in [0.717, 1.165) is 11.3 Å². The van der Waals surface area contributed by atoms with Gasteiger partial charge in [-0.25, -0.2) is 14.4 Å². The fourth-order valence-corrected chi connectivity index (χ4v) is 2.14. The molecule has 0 fully saturated rings. The molecule has 3 rings (SSSR count). The second kappa shape index (κ2) is 5.35. The molecule has 1 aliphatic heterocycles. The number of hydrogen-bond acceptors (Lipinski definition) is 5. The molecule has 0 atom stereocenters. The van der Waals surface area contributed by atoms with Crippen LogP contribution in [0.25, 0.3) is 0 Å². The van der Waals surface area contributed by atoms with Crippen LogP contribution >= 0.6 is 0 Å². The van der Waals surface area contributed by atoms with Crippen molar-refractivity contribution in [1.82, 2.24) is 14.9 Å². The van der Waals surface area contributed by atoms with E-state index < -0.39 is 5.82 Å².